The van der Waals surface area contributed by atoms with Gasteiger partial charge in [-0.25, -0.2) is 0 Å². The monoisotopic (exact) mass is 323 g/mol. The summed E-state index contributed by atoms with van der Waals surface area (Å²) in [4.78, 5) is 29.8. The van der Waals surface area contributed by atoms with E-state index in [0.29, 0.717) is 6.54 Å². The molecule has 0 radical (unpaired) electrons. The number of nitrogens with zero attached hydrogens (tertiary/aromatic N) is 2. The second-order valence-corrected chi connectivity index (χ2v) is 5.52. The molecule has 0 saturated carbocycles. The maximum Gasteiger partial charge on any atom is 0.244 e. The second kappa shape index (κ2) is 8.62. The number of pyridine rings is 1. The zero-order chi connectivity index (χ0) is 17.4. The summed E-state index contributed by atoms with van der Waals surface area (Å²) in [5.74, 6) is -0.440. The van der Waals surface area contributed by atoms with Crippen molar-refractivity contribution in [1.82, 2.24) is 15.2 Å². The molecule has 1 unspecified atom stereocenters. The van der Waals surface area contributed by atoms with E-state index in [1.54, 1.807) is 37.3 Å². The molecule has 1 aromatic carbocycles. The summed E-state index contributed by atoms with van der Waals surface area (Å²) >= 11 is 0. The number of carbonyl (C=O) groups excluding carboxylic acids is 2. The third kappa shape index (κ3) is 5.35. The Balaban J connectivity index is 1.86. The molecule has 0 aliphatic rings. The predicted molar refractivity (Wildman–Crippen MR) is 93.8 cm³/mol. The molecule has 2 rings (SSSR count). The van der Waals surface area contributed by atoms with Crippen LogP contribution in [0.5, 0.6) is 0 Å². The number of rotatable bonds is 6. The first-order valence-corrected chi connectivity index (χ1v) is 7.74. The van der Waals surface area contributed by atoms with E-state index in [4.69, 9.17) is 0 Å². The third-order valence-corrected chi connectivity index (χ3v) is 3.50. The van der Waals surface area contributed by atoms with E-state index in [-0.39, 0.29) is 11.8 Å². The lowest BCUT2D eigenvalue weighted by molar-refractivity contribution is -0.134. The van der Waals surface area contributed by atoms with Crippen molar-refractivity contribution < 1.29 is 9.59 Å². The molecule has 2 amide bonds. The molecule has 0 aliphatic heterocycles. The minimum Gasteiger partial charge on any atom is -0.341 e. The molecule has 124 valence electrons. The van der Waals surface area contributed by atoms with Crippen LogP contribution in [0.4, 0.5) is 0 Å². The highest BCUT2D eigenvalue weighted by Crippen LogP contribution is 2.04. The molecule has 0 bridgehead atoms. The average molecular weight is 323 g/mol. The van der Waals surface area contributed by atoms with Crippen molar-refractivity contribution in [3.05, 3.63) is 72.1 Å². The Morgan fingerprint density at radius 3 is 2.50 bits per heavy atom. The normalized spacial score (nSPS) is 11.9. The molecular weight excluding hydrogens is 302 g/mol. The summed E-state index contributed by atoms with van der Waals surface area (Å²) in [5.41, 5.74) is 1.92. The van der Waals surface area contributed by atoms with Gasteiger partial charge in [-0.05, 0) is 36.3 Å². The highest BCUT2D eigenvalue weighted by molar-refractivity contribution is 5.95. The summed E-state index contributed by atoms with van der Waals surface area (Å²) in [6.45, 7) is 2.15. The number of aromatic nitrogens is 1. The summed E-state index contributed by atoms with van der Waals surface area (Å²) in [6.07, 6.45) is 6.52. The molecule has 0 saturated heterocycles. The molecule has 24 heavy (non-hydrogen) atoms. The fraction of sp³-hybridized carbons (Fsp3) is 0.211. The largest absolute Gasteiger partial charge is 0.341 e. The van der Waals surface area contributed by atoms with E-state index in [1.807, 2.05) is 42.5 Å². The minimum absolute atomic E-state index is 0.145. The second-order valence-electron chi connectivity index (χ2n) is 5.52. The van der Waals surface area contributed by atoms with Gasteiger partial charge in [0, 0.05) is 32.1 Å². The number of nitrogens with one attached hydrogen (secondary N) is 1. The van der Waals surface area contributed by atoms with Crippen LogP contribution >= 0.6 is 0 Å². The fourth-order valence-corrected chi connectivity index (χ4v) is 2.23. The van der Waals surface area contributed by atoms with E-state index in [2.05, 4.69) is 10.3 Å². The Bertz CT molecular complexity index is 699. The van der Waals surface area contributed by atoms with Crippen LogP contribution in [0.3, 0.4) is 0 Å². The first-order valence-electron chi connectivity index (χ1n) is 7.74. The first kappa shape index (κ1) is 17.4. The predicted octanol–water partition coefficient (Wildman–Crippen LogP) is 2.26. The third-order valence-electron chi connectivity index (χ3n) is 3.50. The van der Waals surface area contributed by atoms with E-state index in [1.165, 1.54) is 6.08 Å². The Morgan fingerprint density at radius 2 is 1.83 bits per heavy atom. The van der Waals surface area contributed by atoms with Crippen molar-refractivity contribution in [3.63, 3.8) is 0 Å². The Morgan fingerprint density at radius 1 is 1.17 bits per heavy atom. The van der Waals surface area contributed by atoms with Gasteiger partial charge in [0.25, 0.3) is 0 Å². The smallest absolute Gasteiger partial charge is 0.244 e. The molecule has 1 heterocycles. The molecule has 0 spiro atoms. The maximum atomic E-state index is 12.3. The van der Waals surface area contributed by atoms with Crippen LogP contribution in [0.15, 0.2) is 60.9 Å². The van der Waals surface area contributed by atoms with Crippen molar-refractivity contribution >= 4 is 17.9 Å². The molecule has 5 nitrogen and oxygen atoms in total. The Hall–Kier alpha value is -2.95. The Labute approximate surface area is 142 Å². The van der Waals surface area contributed by atoms with Gasteiger partial charge in [0.2, 0.25) is 11.8 Å². The van der Waals surface area contributed by atoms with Gasteiger partial charge in [-0.1, -0.05) is 30.3 Å². The van der Waals surface area contributed by atoms with Crippen LogP contribution in [-0.4, -0.2) is 34.8 Å². The van der Waals surface area contributed by atoms with Crippen molar-refractivity contribution in [3.8, 4) is 0 Å². The number of hydrogen-bond donors (Lipinski definition) is 1. The Kier molecular flexibility index (Phi) is 6.25. The van der Waals surface area contributed by atoms with Crippen LogP contribution < -0.4 is 5.32 Å². The molecule has 2 aromatic rings. The molecule has 1 N–H and O–H groups in total. The van der Waals surface area contributed by atoms with Crippen LogP contribution in [0.2, 0.25) is 0 Å². The SMILES string of the molecule is CC(NC(=O)/C=C/c1ccccc1)C(=O)N(C)Cc1ccncc1. The first-order chi connectivity index (χ1) is 11.6. The van der Waals surface area contributed by atoms with E-state index in [0.717, 1.165) is 11.1 Å². The topological polar surface area (TPSA) is 62.3 Å². The summed E-state index contributed by atoms with van der Waals surface area (Å²) in [7, 11) is 1.71. The highest BCUT2D eigenvalue weighted by Gasteiger charge is 2.18. The van der Waals surface area contributed by atoms with E-state index >= 15 is 0 Å². The van der Waals surface area contributed by atoms with Crippen LogP contribution in [-0.2, 0) is 16.1 Å². The van der Waals surface area contributed by atoms with Crippen LogP contribution in [0, 0.1) is 0 Å². The van der Waals surface area contributed by atoms with Crippen molar-refractivity contribution in [2.45, 2.75) is 19.5 Å². The maximum absolute atomic E-state index is 12.3. The molecule has 5 heteroatoms. The lowest BCUT2D eigenvalue weighted by Gasteiger charge is -2.21. The van der Waals surface area contributed by atoms with Gasteiger partial charge < -0.3 is 10.2 Å². The van der Waals surface area contributed by atoms with Gasteiger partial charge in [-0.3, -0.25) is 14.6 Å². The minimum atomic E-state index is -0.593. The number of carbonyl (C=O) groups is 2. The number of amides is 2. The number of likely N-dealkylation sites (N-methyl/N-ethyl adjacent to an activating group) is 1. The molecule has 0 aliphatic carbocycles. The molecular formula is C19H21N3O2. The molecule has 0 fully saturated rings. The summed E-state index contributed by atoms with van der Waals surface area (Å²) in [5, 5.41) is 2.69. The van der Waals surface area contributed by atoms with E-state index < -0.39 is 6.04 Å². The van der Waals surface area contributed by atoms with Crippen molar-refractivity contribution in [2.24, 2.45) is 0 Å². The van der Waals surface area contributed by atoms with E-state index in [9.17, 15) is 9.59 Å². The average Bonchev–Trinajstić information content (AvgIpc) is 2.61. The molecule has 1 aromatic heterocycles. The van der Waals surface area contributed by atoms with Crippen molar-refractivity contribution in [1.29, 1.82) is 0 Å². The number of hydrogen-bond acceptors (Lipinski definition) is 3. The van der Waals surface area contributed by atoms with Crippen LogP contribution in [0.1, 0.15) is 18.1 Å². The zero-order valence-electron chi connectivity index (χ0n) is 13.8. The quantitative estimate of drug-likeness (QED) is 0.830. The number of benzene rings is 1. The highest BCUT2D eigenvalue weighted by atomic mass is 16.2. The van der Waals surface area contributed by atoms with Gasteiger partial charge in [0.05, 0.1) is 0 Å². The van der Waals surface area contributed by atoms with Gasteiger partial charge >= 0.3 is 0 Å². The lowest BCUT2D eigenvalue weighted by Crippen LogP contribution is -2.44. The standard InChI is InChI=1S/C19H21N3O2/c1-15(19(24)22(2)14-17-10-12-20-13-11-17)21-18(23)9-8-16-6-4-3-5-7-16/h3-13,15H,14H2,1-2H3,(H,21,23)/b9-8+. The van der Waals surface area contributed by atoms with Crippen LogP contribution in [0.25, 0.3) is 6.08 Å². The van der Waals surface area contributed by atoms with Gasteiger partial charge in [-0.2, -0.15) is 0 Å². The molecule has 1 atom stereocenters. The van der Waals surface area contributed by atoms with Gasteiger partial charge in [0.15, 0.2) is 0 Å². The van der Waals surface area contributed by atoms with Gasteiger partial charge in [0.1, 0.15) is 6.04 Å². The summed E-state index contributed by atoms with van der Waals surface area (Å²) in [6, 6.07) is 12.6. The lowest BCUT2D eigenvalue weighted by atomic mass is 10.2. The van der Waals surface area contributed by atoms with Gasteiger partial charge in [-0.15, -0.1) is 0 Å². The van der Waals surface area contributed by atoms with Crippen molar-refractivity contribution in [2.75, 3.05) is 7.05 Å². The summed E-state index contributed by atoms with van der Waals surface area (Å²) < 4.78 is 0. The fourth-order valence-electron chi connectivity index (χ4n) is 2.23. The zero-order valence-corrected chi connectivity index (χ0v) is 13.8.